The number of hydrogen-bond donors (Lipinski definition) is 0. The topological polar surface area (TPSA) is 35.6 Å². The van der Waals surface area contributed by atoms with Crippen LogP contribution in [0.5, 0.6) is 0 Å². The van der Waals surface area contributed by atoms with Crippen LogP contribution in [0.1, 0.15) is 17.0 Å². The van der Waals surface area contributed by atoms with E-state index in [0.717, 1.165) is 17.5 Å². The minimum atomic E-state index is -4.49. The van der Waals surface area contributed by atoms with Crippen molar-refractivity contribution >= 4 is 11.6 Å². The van der Waals surface area contributed by atoms with Crippen LogP contribution in [0.15, 0.2) is 36.7 Å². The zero-order valence-electron chi connectivity index (χ0n) is 13.0. The third-order valence-electron chi connectivity index (χ3n) is 3.66. The van der Waals surface area contributed by atoms with E-state index >= 15 is 0 Å². The fourth-order valence-corrected chi connectivity index (χ4v) is 2.72. The summed E-state index contributed by atoms with van der Waals surface area (Å²) < 4.78 is 42.3. The molecule has 126 valence electrons. The lowest BCUT2D eigenvalue weighted by atomic mass is 10.1. The molecule has 1 aromatic carbocycles. The lowest BCUT2D eigenvalue weighted by Crippen LogP contribution is -2.06. The Hall–Kier alpha value is -2.28. The number of aryl methyl sites for hydroxylation is 2. The van der Waals surface area contributed by atoms with Gasteiger partial charge < -0.3 is 0 Å². The first-order chi connectivity index (χ1) is 11.2. The predicted octanol–water partition coefficient (Wildman–Crippen LogP) is 4.31. The van der Waals surface area contributed by atoms with E-state index in [2.05, 4.69) is 10.2 Å². The Labute approximate surface area is 141 Å². The number of alkyl halides is 3. The van der Waals surface area contributed by atoms with Gasteiger partial charge in [0.15, 0.2) is 0 Å². The molecule has 0 saturated heterocycles. The van der Waals surface area contributed by atoms with Gasteiger partial charge in [-0.25, -0.2) is 0 Å². The molecule has 2 aromatic heterocycles. The molecule has 0 aliphatic carbocycles. The van der Waals surface area contributed by atoms with Crippen LogP contribution >= 0.6 is 11.6 Å². The largest absolute Gasteiger partial charge is 0.417 e. The highest BCUT2D eigenvalue weighted by molar-refractivity contribution is 6.31. The summed E-state index contributed by atoms with van der Waals surface area (Å²) in [6, 6.07) is 5.78. The molecule has 0 bridgehead atoms. The first kappa shape index (κ1) is 16.6. The molecule has 0 fully saturated rings. The van der Waals surface area contributed by atoms with Gasteiger partial charge in [-0.05, 0) is 30.7 Å². The van der Waals surface area contributed by atoms with Gasteiger partial charge in [-0.3, -0.25) is 9.36 Å². The third-order valence-corrected chi connectivity index (χ3v) is 3.99. The van der Waals surface area contributed by atoms with E-state index in [1.54, 1.807) is 21.6 Å². The van der Waals surface area contributed by atoms with Crippen molar-refractivity contribution in [1.82, 2.24) is 19.6 Å². The number of hydrogen-bond acceptors (Lipinski definition) is 2. The van der Waals surface area contributed by atoms with Gasteiger partial charge in [-0.2, -0.15) is 23.4 Å². The fourth-order valence-electron chi connectivity index (χ4n) is 2.50. The lowest BCUT2D eigenvalue weighted by Gasteiger charge is -2.10. The van der Waals surface area contributed by atoms with E-state index in [4.69, 9.17) is 11.6 Å². The van der Waals surface area contributed by atoms with Crippen LogP contribution in [0.3, 0.4) is 0 Å². The van der Waals surface area contributed by atoms with E-state index in [0.29, 0.717) is 17.7 Å². The molecule has 0 unspecified atom stereocenters. The summed E-state index contributed by atoms with van der Waals surface area (Å²) in [5, 5.41) is 8.15. The Morgan fingerprint density at radius 2 is 1.92 bits per heavy atom. The molecule has 24 heavy (non-hydrogen) atoms. The summed E-state index contributed by atoms with van der Waals surface area (Å²) >= 11 is 5.65. The van der Waals surface area contributed by atoms with Crippen LogP contribution in [-0.2, 0) is 19.8 Å². The molecular formula is C16H14ClF3N4. The quantitative estimate of drug-likeness (QED) is 0.702. The standard InChI is InChI=1S/C16H14ClF3N4/c1-10-5-13(23(2)22-10)9-24-8-12(7-21-24)11-3-4-15(17)14(6-11)16(18,19)20/h3-8H,9H2,1-2H3. The van der Waals surface area contributed by atoms with Crippen molar-refractivity contribution in [3.63, 3.8) is 0 Å². The van der Waals surface area contributed by atoms with Crippen LogP contribution in [0.4, 0.5) is 13.2 Å². The summed E-state index contributed by atoms with van der Waals surface area (Å²) in [6.45, 7) is 2.38. The molecule has 3 rings (SSSR count). The second-order valence-electron chi connectivity index (χ2n) is 5.52. The Balaban J connectivity index is 1.89. The molecule has 0 spiro atoms. The van der Waals surface area contributed by atoms with Gasteiger partial charge in [0, 0.05) is 18.8 Å². The second kappa shape index (κ2) is 5.98. The summed E-state index contributed by atoms with van der Waals surface area (Å²) in [4.78, 5) is 0. The fraction of sp³-hybridized carbons (Fsp3) is 0.250. The minimum absolute atomic E-state index is 0.316. The normalized spacial score (nSPS) is 11.9. The molecule has 0 aliphatic heterocycles. The first-order valence-corrected chi connectivity index (χ1v) is 7.51. The Kier molecular flexibility index (Phi) is 4.13. The van der Waals surface area contributed by atoms with Crippen molar-refractivity contribution < 1.29 is 13.2 Å². The number of rotatable bonds is 3. The maximum atomic E-state index is 13.0. The highest BCUT2D eigenvalue weighted by atomic mass is 35.5. The van der Waals surface area contributed by atoms with Crippen molar-refractivity contribution in [3.05, 3.63) is 58.6 Å². The van der Waals surface area contributed by atoms with E-state index in [1.807, 2.05) is 20.0 Å². The van der Waals surface area contributed by atoms with Gasteiger partial charge in [-0.15, -0.1) is 0 Å². The van der Waals surface area contributed by atoms with Gasteiger partial charge >= 0.3 is 6.18 Å². The highest BCUT2D eigenvalue weighted by Crippen LogP contribution is 2.37. The average molecular weight is 355 g/mol. The molecule has 0 amide bonds. The third kappa shape index (κ3) is 3.31. The molecule has 3 aromatic rings. The lowest BCUT2D eigenvalue weighted by molar-refractivity contribution is -0.137. The van der Waals surface area contributed by atoms with E-state index < -0.39 is 11.7 Å². The van der Waals surface area contributed by atoms with E-state index in [9.17, 15) is 13.2 Å². The van der Waals surface area contributed by atoms with Crippen molar-refractivity contribution in [2.24, 2.45) is 7.05 Å². The van der Waals surface area contributed by atoms with Gasteiger partial charge in [0.2, 0.25) is 0 Å². The Morgan fingerprint density at radius 1 is 1.17 bits per heavy atom. The summed E-state index contributed by atoms with van der Waals surface area (Å²) in [5.41, 5.74) is 2.01. The number of nitrogens with zero attached hydrogens (tertiary/aromatic N) is 4. The van der Waals surface area contributed by atoms with Crippen LogP contribution in [0.25, 0.3) is 11.1 Å². The number of halogens is 4. The molecule has 0 aliphatic rings. The zero-order valence-corrected chi connectivity index (χ0v) is 13.7. The Bertz CT molecular complexity index is 880. The maximum Gasteiger partial charge on any atom is 0.417 e. The molecule has 2 heterocycles. The molecule has 0 N–H and O–H groups in total. The van der Waals surface area contributed by atoms with Crippen LogP contribution in [-0.4, -0.2) is 19.6 Å². The van der Waals surface area contributed by atoms with Crippen molar-refractivity contribution in [3.8, 4) is 11.1 Å². The number of benzene rings is 1. The van der Waals surface area contributed by atoms with Crippen LogP contribution in [0, 0.1) is 6.92 Å². The van der Waals surface area contributed by atoms with Crippen LogP contribution in [0.2, 0.25) is 5.02 Å². The van der Waals surface area contributed by atoms with Gasteiger partial charge in [0.1, 0.15) is 0 Å². The molecule has 0 radical (unpaired) electrons. The SMILES string of the molecule is Cc1cc(Cn2cc(-c3ccc(Cl)c(C(F)(F)F)c3)cn2)n(C)n1. The van der Waals surface area contributed by atoms with Crippen molar-refractivity contribution in [2.45, 2.75) is 19.6 Å². The molecule has 0 atom stereocenters. The monoisotopic (exact) mass is 354 g/mol. The maximum absolute atomic E-state index is 13.0. The van der Waals surface area contributed by atoms with Gasteiger partial charge in [0.05, 0.1) is 34.7 Å². The first-order valence-electron chi connectivity index (χ1n) is 7.13. The average Bonchev–Trinajstić information content (AvgIpc) is 3.06. The molecule has 0 saturated carbocycles. The van der Waals surface area contributed by atoms with Gasteiger partial charge in [0.25, 0.3) is 0 Å². The summed E-state index contributed by atoms with van der Waals surface area (Å²) in [5.74, 6) is 0. The van der Waals surface area contributed by atoms with Crippen molar-refractivity contribution in [1.29, 1.82) is 0 Å². The molecule has 8 heteroatoms. The predicted molar refractivity (Wildman–Crippen MR) is 84.7 cm³/mol. The Morgan fingerprint density at radius 3 is 2.54 bits per heavy atom. The summed E-state index contributed by atoms with van der Waals surface area (Å²) in [6.07, 6.45) is -1.26. The highest BCUT2D eigenvalue weighted by Gasteiger charge is 2.33. The number of aromatic nitrogens is 4. The second-order valence-corrected chi connectivity index (χ2v) is 5.93. The molecule has 4 nitrogen and oxygen atoms in total. The minimum Gasteiger partial charge on any atom is -0.270 e. The van der Waals surface area contributed by atoms with Crippen LogP contribution < -0.4 is 0 Å². The van der Waals surface area contributed by atoms with E-state index in [-0.39, 0.29) is 5.02 Å². The zero-order chi connectivity index (χ0) is 17.5. The smallest absolute Gasteiger partial charge is 0.270 e. The summed E-state index contributed by atoms with van der Waals surface area (Å²) in [7, 11) is 1.83. The van der Waals surface area contributed by atoms with Crippen molar-refractivity contribution in [2.75, 3.05) is 0 Å². The molecular weight excluding hydrogens is 341 g/mol. The van der Waals surface area contributed by atoms with E-state index in [1.165, 1.54) is 12.3 Å². The van der Waals surface area contributed by atoms with Gasteiger partial charge in [-0.1, -0.05) is 17.7 Å².